The Kier molecular flexibility index (Phi) is 4.36. The summed E-state index contributed by atoms with van der Waals surface area (Å²) in [5, 5.41) is 9.05. The van der Waals surface area contributed by atoms with Crippen LogP contribution in [0.4, 0.5) is 17.8 Å². The molecule has 19 heavy (non-hydrogen) atoms. The zero-order valence-electron chi connectivity index (χ0n) is 11.6. The van der Waals surface area contributed by atoms with Gasteiger partial charge in [-0.25, -0.2) is 0 Å². The second-order valence-electron chi connectivity index (χ2n) is 5.15. The number of nitrogen functional groups attached to an aromatic ring is 1. The van der Waals surface area contributed by atoms with Gasteiger partial charge in [-0.05, 0) is 25.2 Å². The lowest BCUT2D eigenvalue weighted by Gasteiger charge is -2.32. The first-order valence-electron chi connectivity index (χ1n) is 6.65. The Morgan fingerprint density at radius 2 is 2.16 bits per heavy atom. The normalized spacial score (nSPS) is 19.5. The summed E-state index contributed by atoms with van der Waals surface area (Å²) in [7, 11) is 3.76. The molecule has 2 rings (SSSR count). The van der Waals surface area contributed by atoms with E-state index in [1.807, 2.05) is 19.0 Å². The topological polar surface area (TPSA) is 91.4 Å². The van der Waals surface area contributed by atoms with Crippen molar-refractivity contribution in [3.8, 4) is 0 Å². The van der Waals surface area contributed by atoms with E-state index in [-0.39, 0.29) is 12.6 Å². The average Bonchev–Trinajstić information content (AvgIpc) is 2.38. The first kappa shape index (κ1) is 13.8. The van der Waals surface area contributed by atoms with Crippen LogP contribution in [0.25, 0.3) is 0 Å². The Balaban J connectivity index is 2.16. The maximum absolute atomic E-state index is 9.05. The molecule has 7 heteroatoms. The summed E-state index contributed by atoms with van der Waals surface area (Å²) in [6.07, 6.45) is 3.07. The van der Waals surface area contributed by atoms with Gasteiger partial charge in [0, 0.05) is 33.8 Å². The van der Waals surface area contributed by atoms with Crippen molar-refractivity contribution in [1.82, 2.24) is 15.0 Å². The van der Waals surface area contributed by atoms with Crippen molar-refractivity contribution in [3.05, 3.63) is 0 Å². The minimum absolute atomic E-state index is 0.237. The third-order valence-electron chi connectivity index (χ3n) is 3.37. The van der Waals surface area contributed by atoms with Gasteiger partial charge in [0.2, 0.25) is 17.8 Å². The molecule has 0 spiro atoms. The molecule has 106 valence electrons. The molecule has 0 radical (unpaired) electrons. The quantitative estimate of drug-likeness (QED) is 0.799. The summed E-state index contributed by atoms with van der Waals surface area (Å²) in [5.41, 5.74) is 5.74. The second-order valence-corrected chi connectivity index (χ2v) is 5.15. The highest BCUT2D eigenvalue weighted by Gasteiger charge is 2.22. The highest BCUT2D eigenvalue weighted by molar-refractivity contribution is 5.42. The molecule has 1 saturated heterocycles. The molecule has 1 aromatic rings. The average molecular weight is 266 g/mol. The van der Waals surface area contributed by atoms with Gasteiger partial charge < -0.3 is 20.6 Å². The number of hydrogen-bond donors (Lipinski definition) is 2. The number of nitrogens with zero attached hydrogens (tertiary/aromatic N) is 5. The largest absolute Gasteiger partial charge is 0.396 e. The van der Waals surface area contributed by atoms with Crippen LogP contribution in [0.5, 0.6) is 0 Å². The van der Waals surface area contributed by atoms with Crippen LogP contribution in [0, 0.1) is 5.92 Å². The smallest absolute Gasteiger partial charge is 0.231 e. The van der Waals surface area contributed by atoms with E-state index in [4.69, 9.17) is 10.8 Å². The number of aliphatic hydroxyl groups is 1. The number of nitrogens with two attached hydrogens (primary N) is 1. The first-order chi connectivity index (χ1) is 9.10. The molecule has 1 atom stereocenters. The number of anilines is 3. The van der Waals surface area contributed by atoms with E-state index >= 15 is 0 Å². The van der Waals surface area contributed by atoms with E-state index < -0.39 is 0 Å². The number of hydrogen-bond acceptors (Lipinski definition) is 7. The Bertz CT molecular complexity index is 423. The Morgan fingerprint density at radius 3 is 2.84 bits per heavy atom. The zero-order valence-corrected chi connectivity index (χ0v) is 11.6. The SMILES string of the molecule is CN(C)c1nc(N)nc(N2CCCC(CCO)C2)n1. The van der Waals surface area contributed by atoms with Gasteiger partial charge in [-0.2, -0.15) is 15.0 Å². The zero-order chi connectivity index (χ0) is 13.8. The fourth-order valence-corrected chi connectivity index (χ4v) is 2.38. The van der Waals surface area contributed by atoms with Gasteiger partial charge in [0.1, 0.15) is 0 Å². The van der Waals surface area contributed by atoms with Gasteiger partial charge in [0.25, 0.3) is 0 Å². The fourth-order valence-electron chi connectivity index (χ4n) is 2.38. The van der Waals surface area contributed by atoms with E-state index in [0.717, 1.165) is 32.4 Å². The summed E-state index contributed by atoms with van der Waals surface area (Å²) in [6, 6.07) is 0. The van der Waals surface area contributed by atoms with Crippen LogP contribution in [0.15, 0.2) is 0 Å². The molecule has 1 aromatic heterocycles. The van der Waals surface area contributed by atoms with Crippen LogP contribution in [0.1, 0.15) is 19.3 Å². The van der Waals surface area contributed by atoms with Gasteiger partial charge in [0.15, 0.2) is 0 Å². The van der Waals surface area contributed by atoms with Gasteiger partial charge >= 0.3 is 0 Å². The van der Waals surface area contributed by atoms with Crippen molar-refractivity contribution in [2.45, 2.75) is 19.3 Å². The van der Waals surface area contributed by atoms with Crippen molar-refractivity contribution >= 4 is 17.8 Å². The lowest BCUT2D eigenvalue weighted by atomic mass is 9.95. The van der Waals surface area contributed by atoms with Crippen LogP contribution >= 0.6 is 0 Å². The van der Waals surface area contributed by atoms with Gasteiger partial charge in [-0.1, -0.05) is 0 Å². The maximum Gasteiger partial charge on any atom is 0.231 e. The lowest BCUT2D eigenvalue weighted by Crippen LogP contribution is -2.37. The highest BCUT2D eigenvalue weighted by Crippen LogP contribution is 2.23. The highest BCUT2D eigenvalue weighted by atomic mass is 16.3. The molecule has 1 unspecified atom stereocenters. The lowest BCUT2D eigenvalue weighted by molar-refractivity contribution is 0.244. The number of piperidine rings is 1. The van der Waals surface area contributed by atoms with Gasteiger partial charge in [-0.3, -0.25) is 0 Å². The molecule has 0 aromatic carbocycles. The van der Waals surface area contributed by atoms with Crippen LogP contribution in [-0.4, -0.2) is 53.9 Å². The predicted octanol–water partition coefficient (Wildman–Crippen LogP) is 0.119. The molecule has 0 saturated carbocycles. The second kappa shape index (κ2) is 6.01. The standard InChI is InChI=1S/C12H22N6O/c1-17(2)11-14-10(13)15-12(16-11)18-6-3-4-9(8-18)5-7-19/h9,19H,3-8H2,1-2H3,(H2,13,14,15,16). The summed E-state index contributed by atoms with van der Waals surface area (Å²) in [5.74, 6) is 1.96. The predicted molar refractivity (Wildman–Crippen MR) is 75.2 cm³/mol. The molecule has 3 N–H and O–H groups in total. The number of aromatic nitrogens is 3. The minimum atomic E-state index is 0.237. The summed E-state index contributed by atoms with van der Waals surface area (Å²) >= 11 is 0. The summed E-state index contributed by atoms with van der Waals surface area (Å²) < 4.78 is 0. The molecular formula is C12H22N6O. The van der Waals surface area contributed by atoms with Crippen molar-refractivity contribution in [2.24, 2.45) is 5.92 Å². The monoisotopic (exact) mass is 266 g/mol. The van der Waals surface area contributed by atoms with E-state index in [9.17, 15) is 0 Å². The van der Waals surface area contributed by atoms with Crippen molar-refractivity contribution < 1.29 is 5.11 Å². The van der Waals surface area contributed by atoms with E-state index in [0.29, 0.717) is 17.8 Å². The molecule has 1 aliphatic rings. The minimum Gasteiger partial charge on any atom is -0.396 e. The van der Waals surface area contributed by atoms with Crippen LogP contribution in [-0.2, 0) is 0 Å². The molecule has 1 fully saturated rings. The molecule has 0 aliphatic carbocycles. The number of rotatable bonds is 4. The molecular weight excluding hydrogens is 244 g/mol. The molecule has 0 amide bonds. The van der Waals surface area contributed by atoms with Crippen molar-refractivity contribution in [3.63, 3.8) is 0 Å². The number of aliphatic hydroxyl groups excluding tert-OH is 1. The summed E-state index contributed by atoms with van der Waals surface area (Å²) in [6.45, 7) is 2.04. The van der Waals surface area contributed by atoms with E-state index in [1.165, 1.54) is 0 Å². The Hall–Kier alpha value is -1.63. The van der Waals surface area contributed by atoms with Crippen LogP contribution < -0.4 is 15.5 Å². The third kappa shape index (κ3) is 3.44. The van der Waals surface area contributed by atoms with Gasteiger partial charge in [0.05, 0.1) is 0 Å². The van der Waals surface area contributed by atoms with Crippen molar-refractivity contribution in [1.29, 1.82) is 0 Å². The third-order valence-corrected chi connectivity index (χ3v) is 3.37. The summed E-state index contributed by atoms with van der Waals surface area (Å²) in [4.78, 5) is 16.7. The molecule has 2 heterocycles. The molecule has 7 nitrogen and oxygen atoms in total. The Labute approximate surface area is 113 Å². The van der Waals surface area contributed by atoms with Crippen molar-refractivity contribution in [2.75, 3.05) is 49.3 Å². The fraction of sp³-hybridized carbons (Fsp3) is 0.750. The molecule has 0 bridgehead atoms. The maximum atomic E-state index is 9.05. The van der Waals surface area contributed by atoms with Crippen LogP contribution in [0.3, 0.4) is 0 Å². The van der Waals surface area contributed by atoms with Gasteiger partial charge in [-0.15, -0.1) is 0 Å². The first-order valence-corrected chi connectivity index (χ1v) is 6.65. The van der Waals surface area contributed by atoms with E-state index in [2.05, 4.69) is 19.9 Å². The molecule has 1 aliphatic heterocycles. The van der Waals surface area contributed by atoms with Crippen LogP contribution in [0.2, 0.25) is 0 Å². The Morgan fingerprint density at radius 1 is 1.37 bits per heavy atom. The van der Waals surface area contributed by atoms with E-state index in [1.54, 1.807) is 0 Å².